The minimum Gasteiger partial charge on any atom is -0.464 e. The Labute approximate surface area is 93.0 Å². The lowest BCUT2D eigenvalue weighted by molar-refractivity contribution is -0.141. The molecule has 0 aliphatic rings. The third-order valence-corrected chi connectivity index (χ3v) is 2.17. The Morgan fingerprint density at radius 3 is 3.06 bits per heavy atom. The quantitative estimate of drug-likeness (QED) is 0.730. The van der Waals surface area contributed by atoms with Crippen molar-refractivity contribution in [2.45, 2.75) is 20.4 Å². The first-order valence-corrected chi connectivity index (χ1v) is 5.08. The molecule has 2 aromatic rings. The van der Waals surface area contributed by atoms with Crippen LogP contribution in [0.3, 0.4) is 0 Å². The molecule has 0 aromatic carbocycles. The van der Waals surface area contributed by atoms with Crippen molar-refractivity contribution in [3.05, 3.63) is 24.0 Å². The van der Waals surface area contributed by atoms with Gasteiger partial charge in [0.2, 0.25) is 0 Å². The molecule has 0 radical (unpaired) electrons. The largest absolute Gasteiger partial charge is 0.464 e. The fraction of sp³-hybridized carbons (Fsp3) is 0.364. The van der Waals surface area contributed by atoms with Crippen LogP contribution >= 0.6 is 0 Å². The van der Waals surface area contributed by atoms with Gasteiger partial charge >= 0.3 is 5.97 Å². The fourth-order valence-corrected chi connectivity index (χ4v) is 1.45. The summed E-state index contributed by atoms with van der Waals surface area (Å²) in [6.07, 6.45) is 3.65. The van der Waals surface area contributed by atoms with E-state index in [9.17, 15) is 4.79 Å². The average molecular weight is 219 g/mol. The number of ether oxygens (including phenoxy) is 1. The first-order chi connectivity index (χ1) is 7.65. The second-order valence-electron chi connectivity index (χ2n) is 3.65. The number of aryl methyl sites for hydroxylation is 1. The zero-order chi connectivity index (χ0) is 11.5. The minimum absolute atomic E-state index is 0.273. The van der Waals surface area contributed by atoms with Crippen LogP contribution in [0.1, 0.15) is 12.5 Å². The molecule has 0 aliphatic carbocycles. The summed E-state index contributed by atoms with van der Waals surface area (Å²) in [7, 11) is 0. The molecule has 2 rings (SSSR count). The summed E-state index contributed by atoms with van der Waals surface area (Å²) in [5.41, 5.74) is 2.80. The molecule has 0 bridgehead atoms. The number of pyridine rings is 1. The van der Waals surface area contributed by atoms with Gasteiger partial charge in [-0.05, 0) is 18.6 Å². The van der Waals surface area contributed by atoms with Crippen molar-refractivity contribution in [3.63, 3.8) is 0 Å². The molecule has 0 N–H and O–H groups in total. The Balaban J connectivity index is 2.10. The summed E-state index contributed by atoms with van der Waals surface area (Å²) < 4.78 is 6.58. The first-order valence-electron chi connectivity index (χ1n) is 5.08. The van der Waals surface area contributed by atoms with E-state index in [1.54, 1.807) is 10.9 Å². The highest BCUT2D eigenvalue weighted by atomic mass is 16.5. The van der Waals surface area contributed by atoms with Gasteiger partial charge in [0.05, 0.1) is 12.7 Å². The van der Waals surface area contributed by atoms with E-state index in [1.165, 1.54) is 6.92 Å². The van der Waals surface area contributed by atoms with Gasteiger partial charge in [0.25, 0.3) is 0 Å². The van der Waals surface area contributed by atoms with Crippen molar-refractivity contribution in [3.8, 4) is 0 Å². The molecule has 0 aliphatic heterocycles. The van der Waals surface area contributed by atoms with Gasteiger partial charge in [-0.25, -0.2) is 0 Å². The van der Waals surface area contributed by atoms with E-state index in [-0.39, 0.29) is 5.97 Å². The van der Waals surface area contributed by atoms with Gasteiger partial charge in [-0.2, -0.15) is 5.10 Å². The van der Waals surface area contributed by atoms with Gasteiger partial charge in [-0.15, -0.1) is 0 Å². The Morgan fingerprint density at radius 1 is 1.50 bits per heavy atom. The predicted molar refractivity (Wildman–Crippen MR) is 58.9 cm³/mol. The molecular formula is C11H13N3O2. The Morgan fingerprint density at radius 2 is 2.31 bits per heavy atom. The summed E-state index contributed by atoms with van der Waals surface area (Å²) in [6.45, 7) is 4.26. The second kappa shape index (κ2) is 4.30. The summed E-state index contributed by atoms with van der Waals surface area (Å²) in [4.78, 5) is 14.8. The minimum atomic E-state index is -0.273. The van der Waals surface area contributed by atoms with Crippen molar-refractivity contribution in [1.29, 1.82) is 0 Å². The predicted octanol–water partition coefficient (Wildman–Crippen LogP) is 1.30. The van der Waals surface area contributed by atoms with Crippen LogP contribution in [-0.2, 0) is 16.1 Å². The van der Waals surface area contributed by atoms with Crippen LogP contribution in [-0.4, -0.2) is 27.3 Å². The van der Waals surface area contributed by atoms with Crippen LogP contribution in [0, 0.1) is 6.92 Å². The Bertz CT molecular complexity index is 519. The van der Waals surface area contributed by atoms with Crippen molar-refractivity contribution < 1.29 is 9.53 Å². The number of carbonyl (C=O) groups excluding carboxylic acids is 1. The van der Waals surface area contributed by atoms with E-state index >= 15 is 0 Å². The average Bonchev–Trinajstić information content (AvgIpc) is 2.58. The molecular weight excluding hydrogens is 206 g/mol. The maximum absolute atomic E-state index is 10.6. The highest BCUT2D eigenvalue weighted by molar-refractivity contribution is 5.73. The van der Waals surface area contributed by atoms with Gasteiger partial charge in [-0.3, -0.25) is 14.5 Å². The topological polar surface area (TPSA) is 57.0 Å². The molecule has 0 spiro atoms. The van der Waals surface area contributed by atoms with Crippen LogP contribution < -0.4 is 0 Å². The second-order valence-corrected chi connectivity index (χ2v) is 3.65. The standard InChI is InChI=1S/C11H13N3O2/c1-8-5-10-11(12-6-8)7-14(13-10)3-4-16-9(2)15/h5-7H,3-4H2,1-2H3. The fourth-order valence-electron chi connectivity index (χ4n) is 1.45. The number of hydrogen-bond donors (Lipinski definition) is 0. The molecule has 2 aromatic heterocycles. The Kier molecular flexibility index (Phi) is 2.85. The van der Waals surface area contributed by atoms with E-state index in [1.807, 2.05) is 19.2 Å². The normalized spacial score (nSPS) is 10.6. The highest BCUT2D eigenvalue weighted by Gasteiger charge is 2.02. The van der Waals surface area contributed by atoms with Crippen LogP contribution in [0.25, 0.3) is 11.0 Å². The number of fused-ring (bicyclic) bond motifs is 1. The molecule has 84 valence electrons. The van der Waals surface area contributed by atoms with E-state index in [2.05, 4.69) is 10.1 Å². The Hall–Kier alpha value is -1.91. The number of esters is 1. The summed E-state index contributed by atoms with van der Waals surface area (Å²) >= 11 is 0. The van der Waals surface area contributed by atoms with Gasteiger partial charge in [0.1, 0.15) is 17.6 Å². The molecule has 0 amide bonds. The molecule has 5 heteroatoms. The van der Waals surface area contributed by atoms with Crippen molar-refractivity contribution >= 4 is 17.0 Å². The molecule has 0 unspecified atom stereocenters. The van der Waals surface area contributed by atoms with Crippen LogP contribution in [0.4, 0.5) is 0 Å². The van der Waals surface area contributed by atoms with Crippen molar-refractivity contribution in [2.24, 2.45) is 0 Å². The third kappa shape index (κ3) is 2.36. The van der Waals surface area contributed by atoms with Gasteiger partial charge in [0, 0.05) is 13.1 Å². The maximum atomic E-state index is 10.6. The summed E-state index contributed by atoms with van der Waals surface area (Å²) in [5.74, 6) is -0.273. The lowest BCUT2D eigenvalue weighted by Crippen LogP contribution is -2.08. The van der Waals surface area contributed by atoms with Crippen molar-refractivity contribution in [1.82, 2.24) is 14.8 Å². The number of nitrogens with zero attached hydrogens (tertiary/aromatic N) is 3. The number of rotatable bonds is 3. The van der Waals surface area contributed by atoms with E-state index in [0.29, 0.717) is 13.2 Å². The molecule has 5 nitrogen and oxygen atoms in total. The SMILES string of the molecule is CC(=O)OCCn1cc2ncc(C)cc2n1. The lowest BCUT2D eigenvalue weighted by atomic mass is 10.3. The zero-order valence-corrected chi connectivity index (χ0v) is 9.30. The molecule has 0 fully saturated rings. The first kappa shape index (κ1) is 10.6. The highest BCUT2D eigenvalue weighted by Crippen LogP contribution is 2.10. The van der Waals surface area contributed by atoms with Gasteiger partial charge in [0.15, 0.2) is 0 Å². The van der Waals surface area contributed by atoms with E-state index in [0.717, 1.165) is 16.6 Å². The van der Waals surface area contributed by atoms with Crippen molar-refractivity contribution in [2.75, 3.05) is 6.61 Å². The molecule has 0 atom stereocenters. The van der Waals surface area contributed by atoms with E-state index < -0.39 is 0 Å². The third-order valence-electron chi connectivity index (χ3n) is 2.17. The van der Waals surface area contributed by atoms with Crippen LogP contribution in [0.15, 0.2) is 18.5 Å². The monoisotopic (exact) mass is 219 g/mol. The molecule has 2 heterocycles. The molecule has 16 heavy (non-hydrogen) atoms. The summed E-state index contributed by atoms with van der Waals surface area (Å²) in [6, 6.07) is 1.98. The smallest absolute Gasteiger partial charge is 0.302 e. The van der Waals surface area contributed by atoms with Crippen LogP contribution in [0.5, 0.6) is 0 Å². The molecule has 0 saturated carbocycles. The van der Waals surface area contributed by atoms with Gasteiger partial charge in [-0.1, -0.05) is 0 Å². The number of hydrogen-bond acceptors (Lipinski definition) is 4. The number of aromatic nitrogens is 3. The number of carbonyl (C=O) groups is 1. The summed E-state index contributed by atoms with van der Waals surface area (Å²) in [5, 5.41) is 4.33. The lowest BCUT2D eigenvalue weighted by Gasteiger charge is -2.00. The zero-order valence-electron chi connectivity index (χ0n) is 9.30. The van der Waals surface area contributed by atoms with Crippen LogP contribution in [0.2, 0.25) is 0 Å². The van der Waals surface area contributed by atoms with E-state index in [4.69, 9.17) is 4.74 Å². The molecule has 0 saturated heterocycles. The van der Waals surface area contributed by atoms with Gasteiger partial charge < -0.3 is 4.74 Å². The maximum Gasteiger partial charge on any atom is 0.302 e.